The molecule has 1 N–H and O–H groups in total. The fourth-order valence-electron chi connectivity index (χ4n) is 3.44. The second-order valence-corrected chi connectivity index (χ2v) is 6.39. The summed E-state index contributed by atoms with van der Waals surface area (Å²) in [6, 6.07) is 37.1. The Kier molecular flexibility index (Phi) is 4.53. The molecule has 0 spiro atoms. The maximum absolute atomic E-state index is 10.1. The molecule has 0 saturated heterocycles. The summed E-state index contributed by atoms with van der Waals surface area (Å²) in [5, 5.41) is 10.1. The molecular weight excluding hydrogens is 316 g/mol. The van der Waals surface area contributed by atoms with Crippen LogP contribution in [0.5, 0.6) is 5.75 Å². The van der Waals surface area contributed by atoms with Crippen molar-refractivity contribution < 1.29 is 5.11 Å². The summed E-state index contributed by atoms with van der Waals surface area (Å²) in [7, 11) is 0. The highest BCUT2D eigenvalue weighted by Gasteiger charge is 2.16. The van der Waals surface area contributed by atoms with E-state index in [-0.39, 0.29) is 5.92 Å². The number of phenolic OH excluding ortho intramolecular Hbond substituents is 1. The first kappa shape index (κ1) is 16.2. The van der Waals surface area contributed by atoms with Crippen LogP contribution in [-0.4, -0.2) is 5.11 Å². The van der Waals surface area contributed by atoms with Gasteiger partial charge in [-0.1, -0.05) is 103 Å². The van der Waals surface area contributed by atoms with E-state index in [4.69, 9.17) is 0 Å². The van der Waals surface area contributed by atoms with Gasteiger partial charge in [-0.2, -0.15) is 0 Å². The predicted octanol–water partition coefficient (Wildman–Crippen LogP) is 6.24. The second-order valence-electron chi connectivity index (χ2n) is 6.39. The summed E-state index contributed by atoms with van der Waals surface area (Å²) >= 11 is 0. The number of hydrogen-bond donors (Lipinski definition) is 1. The number of benzene rings is 4. The van der Waals surface area contributed by atoms with Crippen LogP contribution < -0.4 is 0 Å². The lowest BCUT2D eigenvalue weighted by molar-refractivity contribution is 0.477. The van der Waals surface area contributed by atoms with Gasteiger partial charge in [0.05, 0.1) is 0 Å². The largest absolute Gasteiger partial charge is 0.507 e. The molecular formula is C25H20O. The Morgan fingerprint density at radius 2 is 0.923 bits per heavy atom. The van der Waals surface area contributed by atoms with E-state index in [0.29, 0.717) is 5.75 Å². The van der Waals surface area contributed by atoms with E-state index in [2.05, 4.69) is 72.8 Å². The van der Waals surface area contributed by atoms with Gasteiger partial charge in [0.2, 0.25) is 0 Å². The molecule has 0 saturated carbocycles. The van der Waals surface area contributed by atoms with E-state index in [1.807, 2.05) is 30.3 Å². The van der Waals surface area contributed by atoms with E-state index >= 15 is 0 Å². The Morgan fingerprint density at radius 1 is 0.462 bits per heavy atom. The molecule has 26 heavy (non-hydrogen) atoms. The quantitative estimate of drug-likeness (QED) is 0.437. The van der Waals surface area contributed by atoms with Crippen molar-refractivity contribution in [3.8, 4) is 16.9 Å². The van der Waals surface area contributed by atoms with Gasteiger partial charge >= 0.3 is 0 Å². The van der Waals surface area contributed by atoms with Crippen LogP contribution in [0.1, 0.15) is 22.6 Å². The molecule has 0 aliphatic heterocycles. The predicted molar refractivity (Wildman–Crippen MR) is 107 cm³/mol. The average Bonchev–Trinajstić information content (AvgIpc) is 2.71. The zero-order valence-electron chi connectivity index (χ0n) is 14.4. The fourth-order valence-corrected chi connectivity index (χ4v) is 3.44. The smallest absolute Gasteiger partial charge is 0.123 e. The number of hydrogen-bond acceptors (Lipinski definition) is 1. The zero-order valence-corrected chi connectivity index (χ0v) is 14.4. The normalized spacial score (nSPS) is 10.8. The number of aromatic hydroxyl groups is 1. The van der Waals surface area contributed by atoms with Crippen molar-refractivity contribution in [3.63, 3.8) is 0 Å². The van der Waals surface area contributed by atoms with Gasteiger partial charge in [-0.25, -0.2) is 0 Å². The maximum atomic E-state index is 10.1. The lowest BCUT2D eigenvalue weighted by atomic mass is 9.84. The Balaban J connectivity index is 1.76. The molecule has 0 fully saturated rings. The highest BCUT2D eigenvalue weighted by molar-refractivity contribution is 5.70. The minimum atomic E-state index is 0.191. The van der Waals surface area contributed by atoms with Gasteiger partial charge in [-0.05, 0) is 28.3 Å². The number of para-hydroxylation sites is 1. The summed E-state index contributed by atoms with van der Waals surface area (Å²) in [6.45, 7) is 0. The SMILES string of the molecule is Oc1ccccc1-c1ccc(C(c2ccccc2)c2ccccc2)cc1. The van der Waals surface area contributed by atoms with E-state index in [1.165, 1.54) is 16.7 Å². The Hall–Kier alpha value is -3.32. The molecule has 4 aromatic rings. The van der Waals surface area contributed by atoms with Gasteiger partial charge in [0.1, 0.15) is 5.75 Å². The third-order valence-corrected chi connectivity index (χ3v) is 4.72. The minimum absolute atomic E-state index is 0.191. The van der Waals surface area contributed by atoms with Crippen molar-refractivity contribution in [2.24, 2.45) is 0 Å². The molecule has 4 rings (SSSR count). The molecule has 0 heterocycles. The maximum Gasteiger partial charge on any atom is 0.123 e. The molecule has 4 aromatic carbocycles. The average molecular weight is 336 g/mol. The topological polar surface area (TPSA) is 20.2 Å². The van der Waals surface area contributed by atoms with Crippen molar-refractivity contribution in [3.05, 3.63) is 126 Å². The van der Waals surface area contributed by atoms with Crippen LogP contribution in [0, 0.1) is 0 Å². The standard InChI is InChI=1S/C25H20O/c26-24-14-8-7-13-23(24)19-15-17-22(18-16-19)25(20-9-3-1-4-10-20)21-11-5-2-6-12-21/h1-18,25-26H. The molecule has 0 bridgehead atoms. The molecule has 0 amide bonds. The van der Waals surface area contributed by atoms with Crippen LogP contribution in [0.3, 0.4) is 0 Å². The van der Waals surface area contributed by atoms with Crippen molar-refractivity contribution in [1.29, 1.82) is 0 Å². The lowest BCUT2D eigenvalue weighted by Crippen LogP contribution is -2.03. The van der Waals surface area contributed by atoms with Gasteiger partial charge in [-0.3, -0.25) is 0 Å². The van der Waals surface area contributed by atoms with Gasteiger partial charge in [-0.15, -0.1) is 0 Å². The number of phenols is 1. The van der Waals surface area contributed by atoms with Gasteiger partial charge in [0.25, 0.3) is 0 Å². The van der Waals surface area contributed by atoms with Crippen molar-refractivity contribution in [1.82, 2.24) is 0 Å². The molecule has 126 valence electrons. The zero-order chi connectivity index (χ0) is 17.8. The van der Waals surface area contributed by atoms with Gasteiger partial charge in [0, 0.05) is 11.5 Å². The molecule has 0 aromatic heterocycles. The van der Waals surface area contributed by atoms with Crippen LogP contribution in [0.15, 0.2) is 109 Å². The van der Waals surface area contributed by atoms with Gasteiger partial charge < -0.3 is 5.11 Å². The highest BCUT2D eigenvalue weighted by atomic mass is 16.3. The minimum Gasteiger partial charge on any atom is -0.507 e. The monoisotopic (exact) mass is 336 g/mol. The molecule has 1 nitrogen and oxygen atoms in total. The first-order valence-electron chi connectivity index (χ1n) is 8.81. The first-order chi connectivity index (χ1) is 12.8. The molecule has 0 aliphatic rings. The van der Waals surface area contributed by atoms with Crippen molar-refractivity contribution in [2.45, 2.75) is 5.92 Å². The van der Waals surface area contributed by atoms with Crippen LogP contribution >= 0.6 is 0 Å². The molecule has 0 atom stereocenters. The second kappa shape index (κ2) is 7.28. The Bertz CT molecular complexity index is 934. The Labute approximate surface area is 154 Å². The van der Waals surface area contributed by atoms with E-state index < -0.39 is 0 Å². The Morgan fingerprint density at radius 3 is 1.46 bits per heavy atom. The molecule has 0 aliphatic carbocycles. The van der Waals surface area contributed by atoms with E-state index in [0.717, 1.165) is 11.1 Å². The molecule has 0 unspecified atom stereocenters. The summed E-state index contributed by atoms with van der Waals surface area (Å²) in [4.78, 5) is 0. The van der Waals surface area contributed by atoms with E-state index in [1.54, 1.807) is 6.07 Å². The van der Waals surface area contributed by atoms with Crippen LogP contribution in [0.25, 0.3) is 11.1 Å². The van der Waals surface area contributed by atoms with Gasteiger partial charge in [0.15, 0.2) is 0 Å². The summed E-state index contributed by atoms with van der Waals surface area (Å²) in [5.74, 6) is 0.499. The summed E-state index contributed by atoms with van der Waals surface area (Å²) in [5.41, 5.74) is 5.66. The third kappa shape index (κ3) is 3.25. The number of rotatable bonds is 4. The molecule has 1 heteroatoms. The fraction of sp³-hybridized carbons (Fsp3) is 0.0400. The van der Waals surface area contributed by atoms with Crippen molar-refractivity contribution >= 4 is 0 Å². The summed E-state index contributed by atoms with van der Waals surface area (Å²) in [6.07, 6.45) is 0. The van der Waals surface area contributed by atoms with Crippen molar-refractivity contribution in [2.75, 3.05) is 0 Å². The highest BCUT2D eigenvalue weighted by Crippen LogP contribution is 2.34. The third-order valence-electron chi connectivity index (χ3n) is 4.72. The van der Waals surface area contributed by atoms with Crippen LogP contribution in [0.2, 0.25) is 0 Å². The lowest BCUT2D eigenvalue weighted by Gasteiger charge is -2.19. The molecule has 0 radical (unpaired) electrons. The van der Waals surface area contributed by atoms with Crippen LogP contribution in [0.4, 0.5) is 0 Å². The van der Waals surface area contributed by atoms with E-state index in [9.17, 15) is 5.11 Å². The van der Waals surface area contributed by atoms with Crippen LogP contribution in [-0.2, 0) is 0 Å². The summed E-state index contributed by atoms with van der Waals surface area (Å²) < 4.78 is 0. The first-order valence-corrected chi connectivity index (χ1v) is 8.81.